The van der Waals surface area contributed by atoms with E-state index in [-0.39, 0.29) is 29.9 Å². The maximum Gasteiger partial charge on any atom is 0.221 e. The quantitative estimate of drug-likeness (QED) is 0.346. The van der Waals surface area contributed by atoms with Gasteiger partial charge in [-0.05, 0) is 60.2 Å². The zero-order valence-corrected chi connectivity index (χ0v) is 17.9. The molecule has 0 fully saturated rings. The SMILES string of the molecule is COc1ccc(CN=C(N)Nc2ccc3c(c2)CCC3)cc1NC(C)=O.I. The Morgan fingerprint density at radius 3 is 2.67 bits per heavy atom. The van der Waals surface area contributed by atoms with Crippen molar-refractivity contribution >= 4 is 47.2 Å². The van der Waals surface area contributed by atoms with Crippen LogP contribution in [-0.2, 0) is 24.2 Å². The number of benzene rings is 2. The van der Waals surface area contributed by atoms with E-state index in [1.54, 1.807) is 13.2 Å². The van der Waals surface area contributed by atoms with E-state index in [9.17, 15) is 4.79 Å². The van der Waals surface area contributed by atoms with E-state index in [0.717, 1.165) is 24.1 Å². The molecule has 0 bridgehead atoms. The Kier molecular flexibility index (Phi) is 7.46. The number of anilines is 2. The molecule has 0 saturated carbocycles. The minimum absolute atomic E-state index is 0. The number of aryl methyl sites for hydroxylation is 2. The Bertz CT molecular complexity index is 852. The Balaban J connectivity index is 0.00000261. The Labute approximate surface area is 176 Å². The fraction of sp³-hybridized carbons (Fsp3) is 0.300. The molecule has 0 saturated heterocycles. The molecule has 144 valence electrons. The van der Waals surface area contributed by atoms with Gasteiger partial charge in [-0.25, -0.2) is 4.99 Å². The first-order valence-corrected chi connectivity index (χ1v) is 8.68. The summed E-state index contributed by atoms with van der Waals surface area (Å²) < 4.78 is 5.25. The van der Waals surface area contributed by atoms with Crippen molar-refractivity contribution < 1.29 is 9.53 Å². The van der Waals surface area contributed by atoms with Gasteiger partial charge in [0.05, 0.1) is 19.3 Å². The summed E-state index contributed by atoms with van der Waals surface area (Å²) in [5.74, 6) is 0.818. The van der Waals surface area contributed by atoms with Crippen LogP contribution in [0.4, 0.5) is 11.4 Å². The monoisotopic (exact) mass is 480 g/mol. The minimum atomic E-state index is -0.151. The van der Waals surface area contributed by atoms with Gasteiger partial charge in [0.25, 0.3) is 0 Å². The second kappa shape index (κ2) is 9.59. The number of nitrogens with zero attached hydrogens (tertiary/aromatic N) is 1. The fourth-order valence-electron chi connectivity index (χ4n) is 3.15. The molecule has 7 heteroatoms. The Morgan fingerprint density at radius 2 is 1.93 bits per heavy atom. The van der Waals surface area contributed by atoms with E-state index in [4.69, 9.17) is 10.5 Å². The van der Waals surface area contributed by atoms with Gasteiger partial charge < -0.3 is 21.1 Å². The molecule has 0 heterocycles. The molecule has 0 unspecified atom stereocenters. The van der Waals surface area contributed by atoms with Crippen LogP contribution >= 0.6 is 24.0 Å². The summed E-state index contributed by atoms with van der Waals surface area (Å²) in [6.07, 6.45) is 3.50. The Morgan fingerprint density at radius 1 is 1.15 bits per heavy atom. The van der Waals surface area contributed by atoms with Gasteiger partial charge in [0.1, 0.15) is 5.75 Å². The minimum Gasteiger partial charge on any atom is -0.495 e. The van der Waals surface area contributed by atoms with Crippen molar-refractivity contribution in [2.75, 3.05) is 17.7 Å². The lowest BCUT2D eigenvalue weighted by Crippen LogP contribution is -2.22. The molecule has 0 aliphatic heterocycles. The maximum atomic E-state index is 11.3. The van der Waals surface area contributed by atoms with Crippen LogP contribution < -0.4 is 21.1 Å². The highest BCUT2D eigenvalue weighted by atomic mass is 127. The van der Waals surface area contributed by atoms with Gasteiger partial charge in [0, 0.05) is 12.6 Å². The van der Waals surface area contributed by atoms with Crippen LogP contribution in [0.25, 0.3) is 0 Å². The van der Waals surface area contributed by atoms with Crippen molar-refractivity contribution in [2.24, 2.45) is 10.7 Å². The zero-order valence-electron chi connectivity index (χ0n) is 15.5. The van der Waals surface area contributed by atoms with Crippen molar-refractivity contribution in [3.63, 3.8) is 0 Å². The first-order valence-electron chi connectivity index (χ1n) is 8.68. The second-order valence-corrected chi connectivity index (χ2v) is 6.38. The summed E-state index contributed by atoms with van der Waals surface area (Å²) in [4.78, 5) is 15.7. The molecule has 2 aromatic rings. The smallest absolute Gasteiger partial charge is 0.221 e. The van der Waals surface area contributed by atoms with Crippen LogP contribution in [0, 0.1) is 0 Å². The lowest BCUT2D eigenvalue weighted by Gasteiger charge is -2.11. The highest BCUT2D eigenvalue weighted by Crippen LogP contribution is 2.26. The number of carbonyl (C=O) groups is 1. The van der Waals surface area contributed by atoms with Crippen molar-refractivity contribution in [2.45, 2.75) is 32.7 Å². The van der Waals surface area contributed by atoms with Gasteiger partial charge in [-0.1, -0.05) is 12.1 Å². The number of aliphatic imine (C=N–C) groups is 1. The number of nitrogens with two attached hydrogens (primary N) is 1. The predicted octanol–water partition coefficient (Wildman–Crippen LogP) is 3.69. The van der Waals surface area contributed by atoms with Gasteiger partial charge in [-0.15, -0.1) is 24.0 Å². The third-order valence-corrected chi connectivity index (χ3v) is 4.38. The van der Waals surface area contributed by atoms with E-state index >= 15 is 0 Å². The summed E-state index contributed by atoms with van der Waals surface area (Å²) in [6, 6.07) is 11.9. The lowest BCUT2D eigenvalue weighted by atomic mass is 10.1. The molecule has 1 aliphatic rings. The number of halogens is 1. The molecule has 3 rings (SSSR count). The van der Waals surface area contributed by atoms with Crippen molar-refractivity contribution in [3.8, 4) is 5.75 Å². The number of carbonyl (C=O) groups excluding carboxylic acids is 1. The molecule has 0 aromatic heterocycles. The molecule has 0 atom stereocenters. The average molecular weight is 480 g/mol. The van der Waals surface area contributed by atoms with Gasteiger partial charge in [-0.2, -0.15) is 0 Å². The molecule has 0 spiro atoms. The van der Waals surface area contributed by atoms with E-state index in [1.807, 2.05) is 18.2 Å². The average Bonchev–Trinajstić information content (AvgIpc) is 3.07. The van der Waals surface area contributed by atoms with E-state index in [1.165, 1.54) is 24.5 Å². The molecule has 6 nitrogen and oxygen atoms in total. The van der Waals surface area contributed by atoms with Crippen LogP contribution in [0.1, 0.15) is 30.0 Å². The second-order valence-electron chi connectivity index (χ2n) is 6.38. The number of hydrogen-bond donors (Lipinski definition) is 3. The normalized spacial score (nSPS) is 12.7. The van der Waals surface area contributed by atoms with Crippen molar-refractivity contribution in [1.82, 2.24) is 0 Å². The van der Waals surface area contributed by atoms with Gasteiger partial charge in [-0.3, -0.25) is 4.79 Å². The molecular weight excluding hydrogens is 455 g/mol. The molecule has 0 radical (unpaired) electrons. The van der Waals surface area contributed by atoms with Crippen LogP contribution in [0.15, 0.2) is 41.4 Å². The standard InChI is InChI=1S/C20H24N4O2.HI/c1-13(25)23-18-10-14(6-9-19(18)26-2)12-22-20(21)24-17-8-7-15-4-3-5-16(15)11-17;/h6-11H,3-5,12H2,1-2H3,(H,23,25)(H3,21,22,24);1H. The zero-order chi connectivity index (χ0) is 18.5. The van der Waals surface area contributed by atoms with Crippen molar-refractivity contribution in [1.29, 1.82) is 0 Å². The largest absolute Gasteiger partial charge is 0.495 e. The van der Waals surface area contributed by atoms with Crippen LogP contribution in [0.5, 0.6) is 5.75 Å². The van der Waals surface area contributed by atoms with Gasteiger partial charge >= 0.3 is 0 Å². The van der Waals surface area contributed by atoms with Crippen LogP contribution in [0.2, 0.25) is 0 Å². The fourth-order valence-corrected chi connectivity index (χ4v) is 3.15. The number of nitrogens with one attached hydrogen (secondary N) is 2. The van der Waals surface area contributed by atoms with E-state index in [2.05, 4.69) is 27.8 Å². The topological polar surface area (TPSA) is 88.7 Å². The molecule has 27 heavy (non-hydrogen) atoms. The number of fused-ring (bicyclic) bond motifs is 1. The van der Waals surface area contributed by atoms with E-state index in [0.29, 0.717) is 23.9 Å². The number of methoxy groups -OCH3 is 1. The Hall–Kier alpha value is -2.29. The molecular formula is C20H25IN4O2. The first kappa shape index (κ1) is 21.0. The predicted molar refractivity (Wildman–Crippen MR) is 120 cm³/mol. The van der Waals surface area contributed by atoms with E-state index < -0.39 is 0 Å². The molecule has 2 aromatic carbocycles. The highest BCUT2D eigenvalue weighted by Gasteiger charge is 2.11. The molecule has 1 aliphatic carbocycles. The number of ether oxygens (including phenoxy) is 1. The first-order chi connectivity index (χ1) is 12.5. The molecule has 1 amide bonds. The number of amides is 1. The van der Waals surface area contributed by atoms with Gasteiger partial charge in [0.15, 0.2) is 5.96 Å². The van der Waals surface area contributed by atoms with Crippen LogP contribution in [0.3, 0.4) is 0 Å². The van der Waals surface area contributed by atoms with Gasteiger partial charge in [0.2, 0.25) is 5.91 Å². The van der Waals surface area contributed by atoms with Crippen molar-refractivity contribution in [3.05, 3.63) is 53.1 Å². The van der Waals surface area contributed by atoms with Crippen LogP contribution in [-0.4, -0.2) is 19.0 Å². The third kappa shape index (κ3) is 5.59. The summed E-state index contributed by atoms with van der Waals surface area (Å²) in [5, 5.41) is 5.90. The maximum absolute atomic E-state index is 11.3. The number of hydrogen-bond acceptors (Lipinski definition) is 3. The third-order valence-electron chi connectivity index (χ3n) is 4.38. The number of guanidine groups is 1. The summed E-state index contributed by atoms with van der Waals surface area (Å²) in [6.45, 7) is 1.86. The summed E-state index contributed by atoms with van der Waals surface area (Å²) in [7, 11) is 1.57. The molecule has 4 N–H and O–H groups in total. The lowest BCUT2D eigenvalue weighted by molar-refractivity contribution is -0.114. The summed E-state index contributed by atoms with van der Waals surface area (Å²) >= 11 is 0. The summed E-state index contributed by atoms with van der Waals surface area (Å²) in [5.41, 5.74) is 11.3. The highest BCUT2D eigenvalue weighted by molar-refractivity contribution is 14.0. The number of rotatable bonds is 5.